The van der Waals surface area contributed by atoms with Crippen LogP contribution >= 0.6 is 0 Å². The summed E-state index contributed by atoms with van der Waals surface area (Å²) in [4.78, 5) is 19.8. The second-order valence-corrected chi connectivity index (χ2v) is 5.41. The summed E-state index contributed by atoms with van der Waals surface area (Å²) in [6, 6.07) is 6.10. The van der Waals surface area contributed by atoms with E-state index < -0.39 is 0 Å². The van der Waals surface area contributed by atoms with Crippen LogP contribution in [0.5, 0.6) is 0 Å². The highest BCUT2D eigenvalue weighted by Crippen LogP contribution is 2.25. The molecule has 1 aromatic carbocycles. The van der Waals surface area contributed by atoms with E-state index in [0.717, 1.165) is 34.4 Å². The molecule has 22 heavy (non-hydrogen) atoms. The topological polar surface area (TPSA) is 86.5 Å². The van der Waals surface area contributed by atoms with Crippen molar-refractivity contribution in [3.63, 3.8) is 0 Å². The fraction of sp³-hybridized carbons (Fsp3) is 0.312. The van der Waals surface area contributed by atoms with Gasteiger partial charge >= 0.3 is 0 Å². The normalized spacial score (nSPS) is 11.0. The van der Waals surface area contributed by atoms with Crippen LogP contribution in [0.4, 0.5) is 5.95 Å². The number of carbonyl (C=O) groups excluding carboxylic acids is 1. The van der Waals surface area contributed by atoms with Crippen molar-refractivity contribution < 1.29 is 4.79 Å². The number of nitrogens with zero attached hydrogens (tertiary/aromatic N) is 2. The van der Waals surface area contributed by atoms with Crippen molar-refractivity contribution in [1.29, 1.82) is 0 Å². The summed E-state index contributed by atoms with van der Waals surface area (Å²) >= 11 is 0. The van der Waals surface area contributed by atoms with Crippen LogP contribution in [0.1, 0.15) is 29.6 Å². The Morgan fingerprint density at radius 1 is 1.32 bits per heavy atom. The van der Waals surface area contributed by atoms with Gasteiger partial charge in [0, 0.05) is 23.0 Å². The van der Waals surface area contributed by atoms with Crippen LogP contribution in [0.15, 0.2) is 18.2 Å². The molecule has 0 atom stereocenters. The molecule has 0 radical (unpaired) electrons. The lowest BCUT2D eigenvalue weighted by molar-refractivity contribution is -0.115. The van der Waals surface area contributed by atoms with Crippen LogP contribution < -0.4 is 5.32 Å². The molecule has 0 saturated carbocycles. The number of hydrogen-bond donors (Lipinski definition) is 3. The standard InChI is InChI=1S/C16H19N5O/c1-4-13-18-16(21-20-13)19-14(22)8-12-10(3)17-15-9(2)6-5-7-11(12)15/h5-7,17H,4,8H2,1-3H3,(H2,18,19,20,21,22). The average Bonchev–Trinajstić information content (AvgIpc) is 3.06. The average molecular weight is 297 g/mol. The molecular formula is C16H19N5O. The number of fused-ring (bicyclic) bond motifs is 1. The quantitative estimate of drug-likeness (QED) is 0.692. The Morgan fingerprint density at radius 3 is 2.86 bits per heavy atom. The van der Waals surface area contributed by atoms with E-state index in [0.29, 0.717) is 12.4 Å². The molecule has 6 heteroatoms. The van der Waals surface area contributed by atoms with Gasteiger partial charge in [-0.2, -0.15) is 4.98 Å². The van der Waals surface area contributed by atoms with Crippen molar-refractivity contribution in [2.24, 2.45) is 0 Å². The van der Waals surface area contributed by atoms with Crippen LogP contribution in [0, 0.1) is 13.8 Å². The first-order valence-corrected chi connectivity index (χ1v) is 7.36. The van der Waals surface area contributed by atoms with Crippen LogP contribution in [-0.2, 0) is 17.6 Å². The predicted octanol–water partition coefficient (Wildman–Crippen LogP) is 2.65. The van der Waals surface area contributed by atoms with Gasteiger partial charge in [-0.3, -0.25) is 15.2 Å². The molecule has 0 fully saturated rings. The van der Waals surface area contributed by atoms with Gasteiger partial charge < -0.3 is 4.98 Å². The van der Waals surface area contributed by atoms with Gasteiger partial charge in [0.2, 0.25) is 11.9 Å². The summed E-state index contributed by atoms with van der Waals surface area (Å²) < 4.78 is 0. The fourth-order valence-electron chi connectivity index (χ4n) is 2.62. The van der Waals surface area contributed by atoms with Gasteiger partial charge in [0.1, 0.15) is 5.82 Å². The Morgan fingerprint density at radius 2 is 2.14 bits per heavy atom. The van der Waals surface area contributed by atoms with Gasteiger partial charge in [-0.05, 0) is 25.0 Å². The van der Waals surface area contributed by atoms with Gasteiger partial charge in [-0.1, -0.05) is 25.1 Å². The summed E-state index contributed by atoms with van der Waals surface area (Å²) in [7, 11) is 0. The number of aryl methyl sites for hydroxylation is 3. The number of rotatable bonds is 4. The van der Waals surface area contributed by atoms with Gasteiger partial charge in [0.05, 0.1) is 6.42 Å². The molecule has 3 N–H and O–H groups in total. The second-order valence-electron chi connectivity index (χ2n) is 5.41. The van der Waals surface area contributed by atoms with Crippen LogP contribution in [0.3, 0.4) is 0 Å². The third kappa shape index (κ3) is 2.59. The lowest BCUT2D eigenvalue weighted by Gasteiger charge is -2.02. The first-order chi connectivity index (χ1) is 10.6. The Kier molecular flexibility index (Phi) is 3.66. The highest BCUT2D eigenvalue weighted by atomic mass is 16.1. The molecule has 0 bridgehead atoms. The number of aromatic nitrogens is 4. The summed E-state index contributed by atoms with van der Waals surface area (Å²) in [5, 5.41) is 10.6. The maximum absolute atomic E-state index is 12.2. The van der Waals surface area contributed by atoms with Crippen molar-refractivity contribution in [2.75, 3.05) is 5.32 Å². The van der Waals surface area contributed by atoms with E-state index in [4.69, 9.17) is 0 Å². The maximum Gasteiger partial charge on any atom is 0.248 e. The smallest absolute Gasteiger partial charge is 0.248 e. The minimum absolute atomic E-state index is 0.118. The molecule has 2 aromatic heterocycles. The fourth-order valence-corrected chi connectivity index (χ4v) is 2.62. The summed E-state index contributed by atoms with van der Waals surface area (Å²) in [6.45, 7) is 6.02. The number of amides is 1. The Labute approximate surface area is 128 Å². The molecule has 2 heterocycles. The number of carbonyl (C=O) groups is 1. The molecule has 0 saturated heterocycles. The van der Waals surface area contributed by atoms with E-state index in [1.54, 1.807) is 0 Å². The summed E-state index contributed by atoms with van der Waals surface area (Å²) in [5.41, 5.74) is 4.30. The predicted molar refractivity (Wildman–Crippen MR) is 85.9 cm³/mol. The van der Waals surface area contributed by atoms with E-state index >= 15 is 0 Å². The Balaban J connectivity index is 1.82. The van der Waals surface area contributed by atoms with Crippen molar-refractivity contribution in [3.05, 3.63) is 40.8 Å². The molecule has 0 spiro atoms. The molecule has 0 aliphatic heterocycles. The third-order valence-electron chi connectivity index (χ3n) is 3.82. The zero-order chi connectivity index (χ0) is 15.7. The van der Waals surface area contributed by atoms with Crippen molar-refractivity contribution >= 4 is 22.8 Å². The molecule has 3 aromatic rings. The van der Waals surface area contributed by atoms with Crippen molar-refractivity contribution in [2.45, 2.75) is 33.6 Å². The van der Waals surface area contributed by atoms with E-state index in [9.17, 15) is 4.79 Å². The molecule has 0 unspecified atom stereocenters. The lowest BCUT2D eigenvalue weighted by Crippen LogP contribution is -2.15. The van der Waals surface area contributed by atoms with Gasteiger partial charge in [-0.25, -0.2) is 0 Å². The Bertz CT molecular complexity index is 830. The number of benzene rings is 1. The maximum atomic E-state index is 12.2. The van der Waals surface area contributed by atoms with E-state index in [1.165, 1.54) is 5.56 Å². The summed E-state index contributed by atoms with van der Waals surface area (Å²) in [5.74, 6) is 0.969. The monoisotopic (exact) mass is 297 g/mol. The van der Waals surface area contributed by atoms with E-state index in [2.05, 4.69) is 38.5 Å². The van der Waals surface area contributed by atoms with Gasteiger partial charge in [0.25, 0.3) is 0 Å². The van der Waals surface area contributed by atoms with Gasteiger partial charge in [0.15, 0.2) is 0 Å². The van der Waals surface area contributed by atoms with Crippen LogP contribution in [-0.4, -0.2) is 26.1 Å². The number of H-pyrrole nitrogens is 2. The first kappa shape index (κ1) is 14.3. The van der Waals surface area contributed by atoms with Crippen molar-refractivity contribution in [1.82, 2.24) is 20.2 Å². The largest absolute Gasteiger partial charge is 0.358 e. The number of para-hydroxylation sites is 1. The minimum Gasteiger partial charge on any atom is -0.358 e. The number of nitrogens with one attached hydrogen (secondary N) is 3. The van der Waals surface area contributed by atoms with Gasteiger partial charge in [-0.15, -0.1) is 5.10 Å². The summed E-state index contributed by atoms with van der Waals surface area (Å²) in [6.07, 6.45) is 1.05. The number of hydrogen-bond acceptors (Lipinski definition) is 3. The highest BCUT2D eigenvalue weighted by Gasteiger charge is 2.14. The molecule has 1 amide bonds. The molecule has 6 nitrogen and oxygen atoms in total. The molecule has 3 rings (SSSR count). The zero-order valence-electron chi connectivity index (χ0n) is 12.9. The van der Waals surface area contributed by atoms with Crippen LogP contribution in [0.25, 0.3) is 10.9 Å². The molecular weight excluding hydrogens is 278 g/mol. The molecule has 0 aliphatic carbocycles. The molecule has 0 aliphatic rings. The SMILES string of the molecule is CCc1nc(NC(=O)Cc2c(C)[nH]c3c(C)cccc23)n[nH]1. The number of anilines is 1. The first-order valence-electron chi connectivity index (χ1n) is 7.36. The number of aromatic amines is 2. The van der Waals surface area contributed by atoms with Crippen molar-refractivity contribution in [3.8, 4) is 0 Å². The van der Waals surface area contributed by atoms with E-state index in [1.807, 2.05) is 26.0 Å². The van der Waals surface area contributed by atoms with E-state index in [-0.39, 0.29) is 5.91 Å². The molecule has 114 valence electrons. The minimum atomic E-state index is -0.118. The Hall–Kier alpha value is -2.63. The van der Waals surface area contributed by atoms with Crippen LogP contribution in [0.2, 0.25) is 0 Å². The lowest BCUT2D eigenvalue weighted by atomic mass is 10.1. The zero-order valence-corrected chi connectivity index (χ0v) is 12.9. The highest BCUT2D eigenvalue weighted by molar-refractivity contribution is 5.96. The second kappa shape index (κ2) is 5.63. The third-order valence-corrected chi connectivity index (χ3v) is 3.82.